The molecule has 0 saturated heterocycles. The molecule has 1 heterocycles. The second-order valence-corrected chi connectivity index (χ2v) is 4.98. The molecule has 100 valence electrons. The molecule has 3 nitrogen and oxygen atoms in total. The third kappa shape index (κ3) is 2.18. The van der Waals surface area contributed by atoms with Crippen LogP contribution in [-0.2, 0) is 0 Å². The number of nitrogen functional groups attached to an aromatic ring is 1. The molecule has 0 aliphatic heterocycles. The monoisotopic (exact) mass is 263 g/mol. The van der Waals surface area contributed by atoms with Gasteiger partial charge in [-0.2, -0.15) is 0 Å². The van der Waals surface area contributed by atoms with E-state index in [1.807, 2.05) is 43.4 Å². The average molecular weight is 263 g/mol. The molecule has 0 aliphatic rings. The molecule has 3 heteroatoms. The third-order valence-corrected chi connectivity index (χ3v) is 3.46. The summed E-state index contributed by atoms with van der Waals surface area (Å²) in [5.74, 6) is 0.966. The van der Waals surface area contributed by atoms with Crippen molar-refractivity contribution in [2.24, 2.45) is 0 Å². The zero-order valence-electron chi connectivity index (χ0n) is 11.7. The molecule has 0 saturated carbocycles. The number of hydrogen-bond donors (Lipinski definition) is 1. The first-order valence-corrected chi connectivity index (χ1v) is 6.61. The van der Waals surface area contributed by atoms with Crippen molar-refractivity contribution in [3.8, 4) is 0 Å². The molecule has 1 aromatic heterocycles. The number of anilines is 3. The lowest BCUT2D eigenvalue weighted by atomic mass is 10.1. The first-order chi connectivity index (χ1) is 9.65. The van der Waals surface area contributed by atoms with Crippen LogP contribution in [0, 0.1) is 6.92 Å². The minimum atomic E-state index is 0.767. The standard InChI is InChI=1S/C17H17N3/c1-12-10-13-11-14(18)8-9-16(13)19-17(12)20(2)15-6-4-3-5-7-15/h3-11H,18H2,1-2H3. The summed E-state index contributed by atoms with van der Waals surface area (Å²) < 4.78 is 0. The van der Waals surface area contributed by atoms with Crippen molar-refractivity contribution in [3.05, 3.63) is 60.2 Å². The summed E-state index contributed by atoms with van der Waals surface area (Å²) >= 11 is 0. The fourth-order valence-electron chi connectivity index (χ4n) is 2.40. The molecule has 0 spiro atoms. The van der Waals surface area contributed by atoms with Gasteiger partial charge in [0.2, 0.25) is 0 Å². The maximum absolute atomic E-state index is 5.82. The highest BCUT2D eigenvalue weighted by Crippen LogP contribution is 2.28. The van der Waals surface area contributed by atoms with Gasteiger partial charge in [-0.15, -0.1) is 0 Å². The lowest BCUT2D eigenvalue weighted by molar-refractivity contribution is 1.12. The fourth-order valence-corrected chi connectivity index (χ4v) is 2.40. The number of fused-ring (bicyclic) bond motifs is 1. The van der Waals surface area contributed by atoms with E-state index >= 15 is 0 Å². The van der Waals surface area contributed by atoms with Crippen molar-refractivity contribution in [3.63, 3.8) is 0 Å². The molecule has 2 aromatic carbocycles. The van der Waals surface area contributed by atoms with Crippen molar-refractivity contribution < 1.29 is 0 Å². The molecule has 0 radical (unpaired) electrons. The van der Waals surface area contributed by atoms with Crippen LogP contribution in [0.15, 0.2) is 54.6 Å². The number of aromatic nitrogens is 1. The summed E-state index contributed by atoms with van der Waals surface area (Å²) in [6, 6.07) is 18.2. The smallest absolute Gasteiger partial charge is 0.136 e. The lowest BCUT2D eigenvalue weighted by Gasteiger charge is -2.21. The molecule has 0 atom stereocenters. The average Bonchev–Trinajstić information content (AvgIpc) is 2.46. The molecular weight excluding hydrogens is 246 g/mol. The molecule has 3 rings (SSSR count). The van der Waals surface area contributed by atoms with Crippen molar-refractivity contribution in [2.75, 3.05) is 17.7 Å². The van der Waals surface area contributed by atoms with Crippen LogP contribution in [-0.4, -0.2) is 12.0 Å². The van der Waals surface area contributed by atoms with Crippen molar-refractivity contribution >= 4 is 28.1 Å². The van der Waals surface area contributed by atoms with Gasteiger partial charge in [0.1, 0.15) is 5.82 Å². The molecule has 20 heavy (non-hydrogen) atoms. The van der Waals surface area contributed by atoms with E-state index in [0.29, 0.717) is 0 Å². The second kappa shape index (κ2) is 4.85. The number of hydrogen-bond acceptors (Lipinski definition) is 3. The number of para-hydroxylation sites is 1. The van der Waals surface area contributed by atoms with Crippen LogP contribution in [0.1, 0.15) is 5.56 Å². The fraction of sp³-hybridized carbons (Fsp3) is 0.118. The van der Waals surface area contributed by atoms with E-state index in [-0.39, 0.29) is 0 Å². The number of nitrogens with zero attached hydrogens (tertiary/aromatic N) is 2. The summed E-state index contributed by atoms with van der Waals surface area (Å²) in [4.78, 5) is 6.86. The molecule has 0 bridgehead atoms. The summed E-state index contributed by atoms with van der Waals surface area (Å²) in [5, 5.41) is 1.08. The van der Waals surface area contributed by atoms with Crippen molar-refractivity contribution in [1.82, 2.24) is 4.98 Å². The first kappa shape index (κ1) is 12.5. The number of pyridine rings is 1. The van der Waals surface area contributed by atoms with Crippen molar-refractivity contribution in [2.45, 2.75) is 6.92 Å². The number of benzene rings is 2. The molecule has 0 fully saturated rings. The summed E-state index contributed by atoms with van der Waals surface area (Å²) in [7, 11) is 2.04. The van der Waals surface area contributed by atoms with E-state index < -0.39 is 0 Å². The minimum Gasteiger partial charge on any atom is -0.399 e. The summed E-state index contributed by atoms with van der Waals surface area (Å²) in [5.41, 5.74) is 9.81. The highest BCUT2D eigenvalue weighted by atomic mass is 15.2. The maximum atomic E-state index is 5.82. The van der Waals surface area contributed by atoms with Crippen LogP contribution >= 0.6 is 0 Å². The summed E-state index contributed by atoms with van der Waals surface area (Å²) in [6.45, 7) is 2.07. The molecule has 0 amide bonds. The zero-order chi connectivity index (χ0) is 14.1. The Bertz CT molecular complexity index is 751. The van der Waals surface area contributed by atoms with E-state index in [2.05, 4.69) is 30.0 Å². The van der Waals surface area contributed by atoms with Gasteiger partial charge in [-0.05, 0) is 48.9 Å². The highest BCUT2D eigenvalue weighted by molar-refractivity contribution is 5.85. The minimum absolute atomic E-state index is 0.767. The van der Waals surface area contributed by atoms with Gasteiger partial charge in [0.25, 0.3) is 0 Å². The van der Waals surface area contributed by atoms with E-state index in [4.69, 9.17) is 10.7 Å². The van der Waals surface area contributed by atoms with Crippen LogP contribution in [0.2, 0.25) is 0 Å². The van der Waals surface area contributed by atoms with Gasteiger partial charge in [0.15, 0.2) is 0 Å². The number of aryl methyl sites for hydroxylation is 1. The van der Waals surface area contributed by atoms with Gasteiger partial charge in [0.05, 0.1) is 5.52 Å². The molecule has 0 unspecified atom stereocenters. The predicted molar refractivity (Wildman–Crippen MR) is 85.4 cm³/mol. The zero-order valence-corrected chi connectivity index (χ0v) is 11.7. The summed E-state index contributed by atoms with van der Waals surface area (Å²) in [6.07, 6.45) is 0. The Hall–Kier alpha value is -2.55. The highest BCUT2D eigenvalue weighted by Gasteiger charge is 2.10. The lowest BCUT2D eigenvalue weighted by Crippen LogP contribution is -2.12. The van der Waals surface area contributed by atoms with Gasteiger partial charge in [-0.25, -0.2) is 4.98 Å². The Morgan fingerprint density at radius 1 is 1.00 bits per heavy atom. The van der Waals surface area contributed by atoms with Gasteiger partial charge in [-0.3, -0.25) is 0 Å². The number of rotatable bonds is 2. The van der Waals surface area contributed by atoms with Crippen LogP contribution < -0.4 is 10.6 Å². The van der Waals surface area contributed by atoms with E-state index in [9.17, 15) is 0 Å². The van der Waals surface area contributed by atoms with Gasteiger partial charge >= 0.3 is 0 Å². The Kier molecular flexibility index (Phi) is 3.03. The van der Waals surface area contributed by atoms with Crippen molar-refractivity contribution in [1.29, 1.82) is 0 Å². The predicted octanol–water partition coefficient (Wildman–Crippen LogP) is 3.89. The molecular formula is C17H17N3. The van der Waals surface area contributed by atoms with Crippen LogP contribution in [0.3, 0.4) is 0 Å². The largest absolute Gasteiger partial charge is 0.399 e. The quantitative estimate of drug-likeness (QED) is 0.713. The Balaban J connectivity index is 2.12. The Labute approximate surface area is 118 Å². The van der Waals surface area contributed by atoms with Gasteiger partial charge in [0, 0.05) is 23.8 Å². The number of nitrogens with two attached hydrogens (primary N) is 1. The first-order valence-electron chi connectivity index (χ1n) is 6.61. The topological polar surface area (TPSA) is 42.1 Å². The van der Waals surface area contributed by atoms with Crippen LogP contribution in [0.5, 0.6) is 0 Å². The van der Waals surface area contributed by atoms with Gasteiger partial charge < -0.3 is 10.6 Å². The third-order valence-electron chi connectivity index (χ3n) is 3.46. The molecule has 0 aliphatic carbocycles. The Morgan fingerprint density at radius 2 is 1.75 bits per heavy atom. The maximum Gasteiger partial charge on any atom is 0.136 e. The normalized spacial score (nSPS) is 10.7. The van der Waals surface area contributed by atoms with Gasteiger partial charge in [-0.1, -0.05) is 18.2 Å². The second-order valence-electron chi connectivity index (χ2n) is 4.98. The van der Waals surface area contributed by atoms with E-state index in [1.165, 1.54) is 0 Å². The molecule has 2 N–H and O–H groups in total. The Morgan fingerprint density at radius 3 is 2.50 bits per heavy atom. The SMILES string of the molecule is Cc1cc2cc(N)ccc2nc1N(C)c1ccccc1. The molecule has 3 aromatic rings. The van der Waals surface area contributed by atoms with E-state index in [1.54, 1.807) is 0 Å². The van der Waals surface area contributed by atoms with E-state index in [0.717, 1.165) is 33.7 Å². The van der Waals surface area contributed by atoms with Crippen LogP contribution in [0.25, 0.3) is 10.9 Å². The van der Waals surface area contributed by atoms with Crippen LogP contribution in [0.4, 0.5) is 17.2 Å².